The molecule has 6 nitrogen and oxygen atoms in total. The first-order valence-electron chi connectivity index (χ1n) is 7.34. The van der Waals surface area contributed by atoms with Crippen molar-refractivity contribution in [1.29, 1.82) is 0 Å². The molecular formula is C18H14BrN3O3. The van der Waals surface area contributed by atoms with Gasteiger partial charge in [0.05, 0.1) is 17.8 Å². The van der Waals surface area contributed by atoms with Crippen LogP contribution < -0.4 is 14.8 Å². The molecule has 0 unspecified atom stereocenters. The Morgan fingerprint density at radius 3 is 2.56 bits per heavy atom. The first-order valence-corrected chi connectivity index (χ1v) is 8.14. The fourth-order valence-corrected chi connectivity index (χ4v) is 2.62. The smallest absolute Gasteiger partial charge is 0.255 e. The fraction of sp³-hybridized carbons (Fsp3) is 0.0556. The minimum absolute atomic E-state index is 0.217. The molecule has 0 aliphatic heterocycles. The summed E-state index contributed by atoms with van der Waals surface area (Å²) in [7, 11) is 1.57. The minimum Gasteiger partial charge on any atom is -0.496 e. The van der Waals surface area contributed by atoms with Crippen molar-refractivity contribution in [2.75, 3.05) is 12.4 Å². The molecule has 1 amide bonds. The number of hydrogen-bond donors (Lipinski definition) is 1. The van der Waals surface area contributed by atoms with Crippen LogP contribution >= 0.6 is 15.9 Å². The predicted octanol–water partition coefficient (Wildman–Crippen LogP) is 4.29. The molecule has 3 rings (SSSR count). The molecule has 1 aromatic heterocycles. The third-order valence-corrected chi connectivity index (χ3v) is 3.91. The monoisotopic (exact) mass is 399 g/mol. The van der Waals surface area contributed by atoms with Crippen LogP contribution in [0.1, 0.15) is 10.4 Å². The molecule has 25 heavy (non-hydrogen) atoms. The van der Waals surface area contributed by atoms with Crippen LogP contribution in [0.5, 0.6) is 17.4 Å². The average molecular weight is 400 g/mol. The van der Waals surface area contributed by atoms with Crippen molar-refractivity contribution >= 4 is 27.5 Å². The highest BCUT2D eigenvalue weighted by Gasteiger charge is 2.09. The number of halogens is 1. The molecule has 0 atom stereocenters. The van der Waals surface area contributed by atoms with Crippen molar-refractivity contribution in [3.63, 3.8) is 0 Å². The molecule has 126 valence electrons. The summed E-state index contributed by atoms with van der Waals surface area (Å²) in [6, 6.07) is 12.1. The SMILES string of the molecule is COc1ccc(C(=O)Nc2ccc(Oc3cnccn3)cc2)cc1Br. The van der Waals surface area contributed by atoms with Gasteiger partial charge in [0.15, 0.2) is 0 Å². The first kappa shape index (κ1) is 16.9. The van der Waals surface area contributed by atoms with Gasteiger partial charge in [-0.25, -0.2) is 4.98 Å². The Morgan fingerprint density at radius 1 is 1.12 bits per heavy atom. The van der Waals surface area contributed by atoms with E-state index in [-0.39, 0.29) is 5.91 Å². The molecular weight excluding hydrogens is 386 g/mol. The molecule has 0 aliphatic rings. The molecule has 3 aromatic rings. The number of rotatable bonds is 5. The van der Waals surface area contributed by atoms with Gasteiger partial charge in [-0.2, -0.15) is 0 Å². The van der Waals surface area contributed by atoms with Gasteiger partial charge in [-0.15, -0.1) is 0 Å². The zero-order chi connectivity index (χ0) is 17.6. The van der Waals surface area contributed by atoms with Gasteiger partial charge >= 0.3 is 0 Å². The maximum absolute atomic E-state index is 12.3. The quantitative estimate of drug-likeness (QED) is 0.692. The van der Waals surface area contributed by atoms with Gasteiger partial charge in [0.25, 0.3) is 5.91 Å². The number of nitrogens with one attached hydrogen (secondary N) is 1. The lowest BCUT2D eigenvalue weighted by Gasteiger charge is -2.09. The van der Waals surface area contributed by atoms with Crippen LogP contribution in [0.4, 0.5) is 5.69 Å². The van der Waals surface area contributed by atoms with E-state index in [9.17, 15) is 4.79 Å². The van der Waals surface area contributed by atoms with Gasteiger partial charge < -0.3 is 14.8 Å². The van der Waals surface area contributed by atoms with Crippen molar-refractivity contribution in [2.45, 2.75) is 0 Å². The molecule has 7 heteroatoms. The first-order chi connectivity index (χ1) is 12.2. The van der Waals surface area contributed by atoms with Gasteiger partial charge in [-0.05, 0) is 58.4 Å². The van der Waals surface area contributed by atoms with E-state index in [0.717, 1.165) is 4.47 Å². The molecule has 1 heterocycles. The van der Waals surface area contributed by atoms with E-state index < -0.39 is 0 Å². The van der Waals surface area contributed by atoms with Gasteiger partial charge in [0.1, 0.15) is 11.5 Å². The Balaban J connectivity index is 1.66. The highest BCUT2D eigenvalue weighted by atomic mass is 79.9. The largest absolute Gasteiger partial charge is 0.496 e. The maximum Gasteiger partial charge on any atom is 0.255 e. The van der Waals surface area contributed by atoms with E-state index in [2.05, 4.69) is 31.2 Å². The van der Waals surface area contributed by atoms with Crippen LogP contribution in [0.3, 0.4) is 0 Å². The normalized spacial score (nSPS) is 10.2. The number of carbonyl (C=O) groups excluding carboxylic acids is 1. The summed E-state index contributed by atoms with van der Waals surface area (Å²) in [6.45, 7) is 0. The van der Waals surface area contributed by atoms with E-state index in [4.69, 9.17) is 9.47 Å². The Bertz CT molecular complexity index is 870. The highest BCUT2D eigenvalue weighted by Crippen LogP contribution is 2.26. The number of anilines is 1. The van der Waals surface area contributed by atoms with Crippen LogP contribution in [-0.2, 0) is 0 Å². The number of benzene rings is 2. The van der Waals surface area contributed by atoms with Crippen LogP contribution in [0.25, 0.3) is 0 Å². The van der Waals surface area contributed by atoms with Gasteiger partial charge in [0.2, 0.25) is 5.88 Å². The van der Waals surface area contributed by atoms with E-state index in [0.29, 0.717) is 28.6 Å². The minimum atomic E-state index is -0.217. The maximum atomic E-state index is 12.3. The number of hydrogen-bond acceptors (Lipinski definition) is 5. The summed E-state index contributed by atoms with van der Waals surface area (Å²) in [5.41, 5.74) is 1.18. The third-order valence-electron chi connectivity index (χ3n) is 3.29. The molecule has 0 aliphatic carbocycles. The van der Waals surface area contributed by atoms with Crippen LogP contribution in [0.2, 0.25) is 0 Å². The zero-order valence-corrected chi connectivity index (χ0v) is 14.9. The fourth-order valence-electron chi connectivity index (χ4n) is 2.08. The second-order valence-electron chi connectivity index (χ2n) is 4.97. The standard InChI is InChI=1S/C18H14BrN3O3/c1-24-16-7-2-12(10-15(16)19)18(23)22-13-3-5-14(6-4-13)25-17-11-20-8-9-21-17/h2-11H,1H3,(H,22,23). The van der Waals surface area contributed by atoms with Crippen molar-refractivity contribution < 1.29 is 14.3 Å². The Hall–Kier alpha value is -2.93. The lowest BCUT2D eigenvalue weighted by atomic mass is 10.2. The summed E-state index contributed by atoms with van der Waals surface area (Å²) >= 11 is 3.37. The van der Waals surface area contributed by atoms with E-state index in [1.165, 1.54) is 6.20 Å². The highest BCUT2D eigenvalue weighted by molar-refractivity contribution is 9.10. The second kappa shape index (κ2) is 7.76. The molecule has 0 saturated heterocycles. The molecule has 0 spiro atoms. The van der Waals surface area contributed by atoms with Crippen molar-refractivity contribution in [3.8, 4) is 17.4 Å². The van der Waals surface area contributed by atoms with Crippen molar-refractivity contribution in [1.82, 2.24) is 9.97 Å². The average Bonchev–Trinajstić information content (AvgIpc) is 2.64. The van der Waals surface area contributed by atoms with E-state index in [1.54, 1.807) is 62.0 Å². The summed E-state index contributed by atoms with van der Waals surface area (Å²) in [4.78, 5) is 20.3. The van der Waals surface area contributed by atoms with E-state index in [1.807, 2.05) is 0 Å². The topological polar surface area (TPSA) is 73.3 Å². The van der Waals surface area contributed by atoms with Crippen LogP contribution in [0, 0.1) is 0 Å². The van der Waals surface area contributed by atoms with Gasteiger partial charge in [0, 0.05) is 23.6 Å². The summed E-state index contributed by atoms with van der Waals surface area (Å²) in [5, 5.41) is 2.83. The van der Waals surface area contributed by atoms with Crippen LogP contribution in [0.15, 0.2) is 65.5 Å². The number of nitrogens with zero attached hydrogens (tertiary/aromatic N) is 2. The number of amides is 1. The van der Waals surface area contributed by atoms with Gasteiger partial charge in [-0.3, -0.25) is 9.78 Å². The Morgan fingerprint density at radius 2 is 1.92 bits per heavy atom. The molecule has 0 saturated carbocycles. The summed E-state index contributed by atoms with van der Waals surface area (Å²) in [6.07, 6.45) is 4.65. The second-order valence-corrected chi connectivity index (χ2v) is 5.83. The third kappa shape index (κ3) is 4.33. The van der Waals surface area contributed by atoms with E-state index >= 15 is 0 Å². The van der Waals surface area contributed by atoms with Crippen LogP contribution in [-0.4, -0.2) is 23.0 Å². The van der Waals surface area contributed by atoms with Crippen molar-refractivity contribution in [2.24, 2.45) is 0 Å². The predicted molar refractivity (Wildman–Crippen MR) is 97.2 cm³/mol. The molecule has 1 N–H and O–H groups in total. The molecule has 0 radical (unpaired) electrons. The summed E-state index contributed by atoms with van der Waals surface area (Å²) in [5.74, 6) is 1.46. The molecule has 0 fully saturated rings. The number of carbonyl (C=O) groups is 1. The lowest BCUT2D eigenvalue weighted by molar-refractivity contribution is 0.102. The molecule has 0 bridgehead atoms. The lowest BCUT2D eigenvalue weighted by Crippen LogP contribution is -2.11. The number of ether oxygens (including phenoxy) is 2. The Kier molecular flexibility index (Phi) is 5.25. The number of methoxy groups -OCH3 is 1. The Labute approximate surface area is 153 Å². The van der Waals surface area contributed by atoms with Crippen molar-refractivity contribution in [3.05, 3.63) is 71.1 Å². The van der Waals surface area contributed by atoms with Gasteiger partial charge in [-0.1, -0.05) is 0 Å². The number of aromatic nitrogens is 2. The zero-order valence-electron chi connectivity index (χ0n) is 13.3. The molecule has 2 aromatic carbocycles. The summed E-state index contributed by atoms with van der Waals surface area (Å²) < 4.78 is 11.4.